The topological polar surface area (TPSA) is 23.5 Å². The molecule has 1 aliphatic carbocycles. The second-order valence-electron chi connectivity index (χ2n) is 5.67. The fraction of sp³-hybridized carbons (Fsp3) is 0.600. The van der Waals surface area contributed by atoms with Gasteiger partial charge in [0.2, 0.25) is 0 Å². The van der Waals surface area contributed by atoms with Gasteiger partial charge < -0.3 is 10.0 Å². The normalized spacial score (nSPS) is 24.8. The Morgan fingerprint density at radius 3 is 2.82 bits per heavy atom. The fourth-order valence-electron chi connectivity index (χ4n) is 2.95. The zero-order valence-corrected chi connectivity index (χ0v) is 10.5. The maximum absolute atomic E-state index is 9.63. The summed E-state index contributed by atoms with van der Waals surface area (Å²) >= 11 is 0. The van der Waals surface area contributed by atoms with Gasteiger partial charge in [0.25, 0.3) is 0 Å². The van der Waals surface area contributed by atoms with E-state index in [0.29, 0.717) is 6.04 Å². The number of anilines is 1. The van der Waals surface area contributed by atoms with Gasteiger partial charge in [-0.1, -0.05) is 18.2 Å². The third kappa shape index (κ3) is 2.32. The van der Waals surface area contributed by atoms with Gasteiger partial charge >= 0.3 is 0 Å². The average molecular weight is 231 g/mol. The van der Waals surface area contributed by atoms with Crippen LogP contribution in [0.2, 0.25) is 0 Å². The molecule has 1 saturated carbocycles. The molecule has 0 saturated heterocycles. The van der Waals surface area contributed by atoms with Crippen LogP contribution in [0.4, 0.5) is 5.69 Å². The first-order chi connectivity index (χ1) is 8.24. The van der Waals surface area contributed by atoms with Crippen molar-refractivity contribution in [2.45, 2.75) is 44.8 Å². The molecule has 0 amide bonds. The van der Waals surface area contributed by atoms with Gasteiger partial charge in [-0.2, -0.15) is 0 Å². The van der Waals surface area contributed by atoms with Gasteiger partial charge in [-0.15, -0.1) is 0 Å². The summed E-state index contributed by atoms with van der Waals surface area (Å²) in [6, 6.07) is 9.23. The second-order valence-corrected chi connectivity index (χ2v) is 5.67. The van der Waals surface area contributed by atoms with E-state index in [2.05, 4.69) is 29.2 Å². The van der Waals surface area contributed by atoms with Crippen LogP contribution < -0.4 is 4.90 Å². The molecule has 17 heavy (non-hydrogen) atoms. The lowest BCUT2D eigenvalue weighted by molar-refractivity contribution is 0.174. The first-order valence-corrected chi connectivity index (χ1v) is 6.76. The Hall–Kier alpha value is -1.02. The minimum atomic E-state index is -0.198. The molecule has 2 unspecified atom stereocenters. The first kappa shape index (κ1) is 11.1. The van der Waals surface area contributed by atoms with E-state index >= 15 is 0 Å². The lowest BCUT2D eigenvalue weighted by Gasteiger charge is -2.28. The third-order valence-electron chi connectivity index (χ3n) is 3.96. The van der Waals surface area contributed by atoms with E-state index in [1.807, 2.05) is 6.92 Å². The van der Waals surface area contributed by atoms with Crippen molar-refractivity contribution in [1.29, 1.82) is 0 Å². The largest absolute Gasteiger partial charge is 0.393 e. The molecule has 1 heterocycles. The van der Waals surface area contributed by atoms with E-state index < -0.39 is 0 Å². The van der Waals surface area contributed by atoms with Crippen molar-refractivity contribution in [2.24, 2.45) is 5.92 Å². The average Bonchev–Trinajstić information content (AvgIpc) is 3.03. The van der Waals surface area contributed by atoms with Crippen LogP contribution in [0, 0.1) is 5.92 Å². The zero-order chi connectivity index (χ0) is 11.8. The standard InChI is InChI=1S/C15H21NO/c1-11(17)8-14-9-13-4-2-3-5-15(13)16(14)10-12-6-7-12/h2-5,11-12,14,17H,6-10H2,1H3. The van der Waals surface area contributed by atoms with Crippen molar-refractivity contribution >= 4 is 5.69 Å². The molecular formula is C15H21NO. The summed E-state index contributed by atoms with van der Waals surface area (Å²) in [7, 11) is 0. The summed E-state index contributed by atoms with van der Waals surface area (Å²) < 4.78 is 0. The van der Waals surface area contributed by atoms with Crippen LogP contribution in [-0.4, -0.2) is 23.8 Å². The predicted molar refractivity (Wildman–Crippen MR) is 70.3 cm³/mol. The molecular weight excluding hydrogens is 210 g/mol. The molecule has 3 rings (SSSR count). The van der Waals surface area contributed by atoms with E-state index in [0.717, 1.165) is 18.8 Å². The fourth-order valence-corrected chi connectivity index (χ4v) is 2.95. The molecule has 1 aliphatic heterocycles. The Labute approximate surface area is 103 Å². The highest BCUT2D eigenvalue weighted by molar-refractivity contribution is 5.59. The summed E-state index contributed by atoms with van der Waals surface area (Å²) in [5.74, 6) is 0.901. The van der Waals surface area contributed by atoms with Crippen molar-refractivity contribution in [3.05, 3.63) is 29.8 Å². The molecule has 1 aromatic carbocycles. The Kier molecular flexibility index (Phi) is 2.83. The van der Waals surface area contributed by atoms with Crippen LogP contribution in [0.3, 0.4) is 0 Å². The van der Waals surface area contributed by atoms with E-state index in [4.69, 9.17) is 0 Å². The molecule has 0 aromatic heterocycles. The Morgan fingerprint density at radius 2 is 2.12 bits per heavy atom. The van der Waals surface area contributed by atoms with E-state index in [9.17, 15) is 5.11 Å². The molecule has 92 valence electrons. The second kappa shape index (κ2) is 4.34. The maximum atomic E-state index is 9.63. The van der Waals surface area contributed by atoms with Crippen LogP contribution in [0.15, 0.2) is 24.3 Å². The number of aliphatic hydroxyl groups excluding tert-OH is 1. The molecule has 2 aliphatic rings. The summed E-state index contributed by atoms with van der Waals surface area (Å²) in [4.78, 5) is 2.54. The van der Waals surface area contributed by atoms with Crippen LogP contribution in [0.25, 0.3) is 0 Å². The molecule has 0 spiro atoms. The zero-order valence-electron chi connectivity index (χ0n) is 10.5. The SMILES string of the molecule is CC(O)CC1Cc2ccccc2N1CC1CC1. The molecule has 2 atom stereocenters. The molecule has 0 radical (unpaired) electrons. The van der Waals surface area contributed by atoms with Gasteiger partial charge in [-0.25, -0.2) is 0 Å². The number of para-hydroxylation sites is 1. The number of benzene rings is 1. The highest BCUT2D eigenvalue weighted by Gasteiger charge is 2.33. The Bertz CT molecular complexity index is 398. The van der Waals surface area contributed by atoms with Crippen LogP contribution in [-0.2, 0) is 6.42 Å². The Balaban J connectivity index is 1.81. The lowest BCUT2D eigenvalue weighted by atomic mass is 10.1. The number of rotatable bonds is 4. The monoisotopic (exact) mass is 231 g/mol. The highest BCUT2D eigenvalue weighted by atomic mass is 16.3. The van der Waals surface area contributed by atoms with Crippen LogP contribution in [0.5, 0.6) is 0 Å². The van der Waals surface area contributed by atoms with Gasteiger partial charge in [0.1, 0.15) is 0 Å². The number of hydrogen-bond donors (Lipinski definition) is 1. The quantitative estimate of drug-likeness (QED) is 0.861. The van der Waals surface area contributed by atoms with Crippen molar-refractivity contribution in [3.8, 4) is 0 Å². The predicted octanol–water partition coefficient (Wildman–Crippen LogP) is 2.60. The van der Waals surface area contributed by atoms with Crippen molar-refractivity contribution < 1.29 is 5.11 Å². The van der Waals surface area contributed by atoms with Crippen molar-refractivity contribution in [3.63, 3.8) is 0 Å². The molecule has 1 aromatic rings. The van der Waals surface area contributed by atoms with Crippen molar-refractivity contribution in [2.75, 3.05) is 11.4 Å². The summed E-state index contributed by atoms with van der Waals surface area (Å²) in [6.07, 6.45) is 4.58. The van der Waals surface area contributed by atoms with Gasteiger partial charge in [0.15, 0.2) is 0 Å². The smallest absolute Gasteiger partial charge is 0.0531 e. The first-order valence-electron chi connectivity index (χ1n) is 6.76. The maximum Gasteiger partial charge on any atom is 0.0531 e. The number of fused-ring (bicyclic) bond motifs is 1. The minimum absolute atomic E-state index is 0.198. The van der Waals surface area contributed by atoms with E-state index in [1.54, 1.807) is 0 Å². The summed E-state index contributed by atoms with van der Waals surface area (Å²) in [6.45, 7) is 3.09. The van der Waals surface area contributed by atoms with E-state index in [1.165, 1.54) is 30.6 Å². The Morgan fingerprint density at radius 1 is 1.35 bits per heavy atom. The van der Waals surface area contributed by atoms with Crippen LogP contribution in [0.1, 0.15) is 31.7 Å². The van der Waals surface area contributed by atoms with Crippen LogP contribution >= 0.6 is 0 Å². The van der Waals surface area contributed by atoms with Gasteiger partial charge in [0.05, 0.1) is 6.10 Å². The molecule has 2 nitrogen and oxygen atoms in total. The van der Waals surface area contributed by atoms with Gasteiger partial charge in [0, 0.05) is 18.3 Å². The lowest BCUT2D eigenvalue weighted by Crippen LogP contribution is -2.35. The molecule has 0 bridgehead atoms. The summed E-state index contributed by atoms with van der Waals surface area (Å²) in [5, 5.41) is 9.63. The molecule has 1 N–H and O–H groups in total. The number of aliphatic hydroxyl groups is 1. The highest BCUT2D eigenvalue weighted by Crippen LogP contribution is 2.38. The molecule has 2 heteroatoms. The number of nitrogens with zero attached hydrogens (tertiary/aromatic N) is 1. The van der Waals surface area contributed by atoms with Gasteiger partial charge in [-0.05, 0) is 50.2 Å². The number of hydrogen-bond acceptors (Lipinski definition) is 2. The van der Waals surface area contributed by atoms with Gasteiger partial charge in [-0.3, -0.25) is 0 Å². The van der Waals surface area contributed by atoms with E-state index in [-0.39, 0.29) is 6.10 Å². The third-order valence-corrected chi connectivity index (χ3v) is 3.96. The minimum Gasteiger partial charge on any atom is -0.393 e. The summed E-state index contributed by atoms with van der Waals surface area (Å²) in [5.41, 5.74) is 2.86. The van der Waals surface area contributed by atoms with Crippen molar-refractivity contribution in [1.82, 2.24) is 0 Å². The molecule has 1 fully saturated rings.